The van der Waals surface area contributed by atoms with Crippen LogP contribution >= 0.6 is 27.5 Å². The number of rotatable bonds is 2. The average Bonchev–Trinajstić information content (AvgIpc) is 2.12. The third-order valence-electron chi connectivity index (χ3n) is 1.45. The lowest BCUT2D eigenvalue weighted by molar-refractivity contribution is 0.0958. The van der Waals surface area contributed by atoms with Crippen molar-refractivity contribution in [2.75, 3.05) is 6.54 Å². The van der Waals surface area contributed by atoms with E-state index in [0.29, 0.717) is 10.6 Å². The highest BCUT2D eigenvalue weighted by molar-refractivity contribution is 9.10. The lowest BCUT2D eigenvalue weighted by Crippen LogP contribution is -2.23. The first-order valence-corrected chi connectivity index (χ1v) is 4.92. The Morgan fingerprint density at radius 1 is 1.57 bits per heavy atom. The molecule has 1 aromatic rings. The zero-order valence-electron chi connectivity index (χ0n) is 7.05. The lowest BCUT2D eigenvalue weighted by atomic mass is 10.2. The van der Waals surface area contributed by atoms with Crippen molar-refractivity contribution in [3.8, 4) is 6.07 Å². The van der Waals surface area contributed by atoms with Crippen molar-refractivity contribution < 1.29 is 4.79 Å². The van der Waals surface area contributed by atoms with Gasteiger partial charge in [-0.3, -0.25) is 4.79 Å². The summed E-state index contributed by atoms with van der Waals surface area (Å²) in [6, 6.07) is 6.68. The van der Waals surface area contributed by atoms with Crippen LogP contribution in [0.1, 0.15) is 10.4 Å². The van der Waals surface area contributed by atoms with Crippen molar-refractivity contribution in [2.45, 2.75) is 0 Å². The maximum atomic E-state index is 11.4. The minimum atomic E-state index is -0.310. The first-order chi connectivity index (χ1) is 6.63. The number of hydrogen-bond donors (Lipinski definition) is 1. The van der Waals surface area contributed by atoms with E-state index in [9.17, 15) is 4.79 Å². The molecule has 1 aromatic carbocycles. The van der Waals surface area contributed by atoms with Gasteiger partial charge in [0.05, 0.1) is 6.07 Å². The number of carbonyl (C=O) groups is 1. The average molecular weight is 274 g/mol. The second kappa shape index (κ2) is 4.99. The highest BCUT2D eigenvalue weighted by Gasteiger charge is 2.06. The zero-order chi connectivity index (χ0) is 10.6. The molecule has 1 amide bonds. The fourth-order valence-corrected chi connectivity index (χ4v) is 1.77. The van der Waals surface area contributed by atoms with Gasteiger partial charge in [0.2, 0.25) is 0 Å². The Labute approximate surface area is 94.8 Å². The monoisotopic (exact) mass is 272 g/mol. The first kappa shape index (κ1) is 11.0. The highest BCUT2D eigenvalue weighted by Crippen LogP contribution is 2.19. The number of hydrogen-bond acceptors (Lipinski definition) is 2. The Morgan fingerprint density at radius 3 is 2.86 bits per heavy atom. The van der Waals surface area contributed by atoms with Crippen molar-refractivity contribution in [3.05, 3.63) is 33.3 Å². The third kappa shape index (κ3) is 3.02. The molecule has 0 atom stereocenters. The molecule has 0 aliphatic carbocycles. The van der Waals surface area contributed by atoms with Gasteiger partial charge in [-0.25, -0.2) is 0 Å². The number of nitrogens with one attached hydrogen (secondary N) is 1. The third-order valence-corrected chi connectivity index (χ3v) is 2.13. The van der Waals surface area contributed by atoms with E-state index in [4.69, 9.17) is 16.9 Å². The zero-order valence-corrected chi connectivity index (χ0v) is 9.39. The van der Waals surface area contributed by atoms with Crippen LogP contribution in [0.15, 0.2) is 22.7 Å². The lowest BCUT2D eigenvalue weighted by Gasteiger charge is -2.02. The predicted molar refractivity (Wildman–Crippen MR) is 57.1 cm³/mol. The predicted octanol–water partition coefficient (Wildman–Crippen LogP) is 2.36. The Kier molecular flexibility index (Phi) is 3.93. The van der Waals surface area contributed by atoms with E-state index in [1.165, 1.54) is 0 Å². The van der Waals surface area contributed by atoms with E-state index in [1.807, 2.05) is 6.07 Å². The number of nitrogens with zero attached hydrogens (tertiary/aromatic N) is 1. The number of amides is 1. The van der Waals surface area contributed by atoms with Crippen LogP contribution in [0, 0.1) is 11.3 Å². The van der Waals surface area contributed by atoms with Crippen LogP contribution in [0.3, 0.4) is 0 Å². The molecule has 1 rings (SSSR count). The Balaban J connectivity index is 2.85. The van der Waals surface area contributed by atoms with Gasteiger partial charge >= 0.3 is 0 Å². The molecule has 0 radical (unpaired) electrons. The largest absolute Gasteiger partial charge is 0.339 e. The summed E-state index contributed by atoms with van der Waals surface area (Å²) in [4.78, 5) is 11.4. The smallest absolute Gasteiger partial charge is 0.252 e. The molecule has 0 saturated heterocycles. The van der Waals surface area contributed by atoms with Crippen LogP contribution in [0.4, 0.5) is 0 Å². The summed E-state index contributed by atoms with van der Waals surface area (Å²) in [5, 5.41) is 11.2. The molecule has 0 aromatic heterocycles. The number of benzene rings is 1. The Morgan fingerprint density at radius 2 is 2.29 bits per heavy atom. The normalized spacial score (nSPS) is 9.21. The quantitative estimate of drug-likeness (QED) is 0.841. The topological polar surface area (TPSA) is 52.9 Å². The summed E-state index contributed by atoms with van der Waals surface area (Å²) in [5.41, 5.74) is 0.430. The highest BCUT2D eigenvalue weighted by atomic mass is 79.9. The van der Waals surface area contributed by atoms with E-state index in [1.54, 1.807) is 18.2 Å². The van der Waals surface area contributed by atoms with Gasteiger partial charge in [-0.15, -0.1) is 0 Å². The van der Waals surface area contributed by atoms with Crippen LogP contribution in [0.5, 0.6) is 0 Å². The molecule has 0 aliphatic heterocycles. The molecule has 5 heteroatoms. The van der Waals surface area contributed by atoms with Gasteiger partial charge in [0.15, 0.2) is 0 Å². The molecule has 72 valence electrons. The van der Waals surface area contributed by atoms with E-state index in [2.05, 4.69) is 21.2 Å². The maximum absolute atomic E-state index is 11.4. The minimum Gasteiger partial charge on any atom is -0.339 e. The molecule has 3 nitrogen and oxygen atoms in total. The van der Waals surface area contributed by atoms with Crippen molar-refractivity contribution in [3.63, 3.8) is 0 Å². The number of halogens is 2. The van der Waals surface area contributed by atoms with E-state index in [0.717, 1.165) is 4.47 Å². The van der Waals surface area contributed by atoms with Gasteiger partial charge in [-0.05, 0) is 18.2 Å². The van der Waals surface area contributed by atoms with Crippen molar-refractivity contribution in [1.82, 2.24) is 5.32 Å². The van der Waals surface area contributed by atoms with E-state index >= 15 is 0 Å². The van der Waals surface area contributed by atoms with Crippen molar-refractivity contribution >= 4 is 33.4 Å². The summed E-state index contributed by atoms with van der Waals surface area (Å²) in [7, 11) is 0. The van der Waals surface area contributed by atoms with Crippen LogP contribution < -0.4 is 5.32 Å². The molecule has 0 bridgehead atoms. The molecule has 0 unspecified atom stereocenters. The van der Waals surface area contributed by atoms with Crippen LogP contribution in [0.25, 0.3) is 0 Å². The molecular formula is C9H6BrClN2O. The Bertz CT molecular complexity index is 380. The standard InChI is InChI=1S/C9H6BrClN2O/c10-7-3-6(4-8(11)5-7)9(14)13-2-1-12/h3-5H,2H2,(H,13,14). The molecule has 1 N–H and O–H groups in total. The van der Waals surface area contributed by atoms with Gasteiger partial charge in [0, 0.05) is 15.1 Å². The van der Waals surface area contributed by atoms with Gasteiger partial charge in [0.25, 0.3) is 5.91 Å². The fourth-order valence-electron chi connectivity index (χ4n) is 0.907. The molecule has 0 saturated carbocycles. The number of carbonyl (C=O) groups excluding carboxylic acids is 1. The number of nitriles is 1. The van der Waals surface area contributed by atoms with Gasteiger partial charge in [-0.2, -0.15) is 5.26 Å². The molecular weight excluding hydrogens is 267 g/mol. The fraction of sp³-hybridized carbons (Fsp3) is 0.111. The summed E-state index contributed by atoms with van der Waals surface area (Å²) >= 11 is 8.97. The SMILES string of the molecule is N#CCNC(=O)c1cc(Cl)cc(Br)c1. The van der Waals surface area contributed by atoms with Crippen LogP contribution in [0.2, 0.25) is 5.02 Å². The maximum Gasteiger partial charge on any atom is 0.252 e. The van der Waals surface area contributed by atoms with Gasteiger partial charge < -0.3 is 5.32 Å². The van der Waals surface area contributed by atoms with Crippen molar-refractivity contribution in [2.24, 2.45) is 0 Å². The second-order valence-corrected chi connectivity index (χ2v) is 3.85. The molecule has 0 heterocycles. The summed E-state index contributed by atoms with van der Waals surface area (Å²) in [6.07, 6.45) is 0. The summed E-state index contributed by atoms with van der Waals surface area (Å²) in [5.74, 6) is -0.310. The first-order valence-electron chi connectivity index (χ1n) is 3.74. The molecule has 0 aliphatic rings. The van der Waals surface area contributed by atoms with Crippen LogP contribution in [-0.4, -0.2) is 12.5 Å². The molecule has 0 fully saturated rings. The molecule has 14 heavy (non-hydrogen) atoms. The molecule has 0 spiro atoms. The summed E-state index contributed by atoms with van der Waals surface area (Å²) < 4.78 is 0.729. The van der Waals surface area contributed by atoms with E-state index < -0.39 is 0 Å². The minimum absolute atomic E-state index is 0.0109. The van der Waals surface area contributed by atoms with Gasteiger partial charge in [-0.1, -0.05) is 27.5 Å². The second-order valence-electron chi connectivity index (χ2n) is 2.50. The summed E-state index contributed by atoms with van der Waals surface area (Å²) in [6.45, 7) is -0.0109. The van der Waals surface area contributed by atoms with Crippen molar-refractivity contribution in [1.29, 1.82) is 5.26 Å². The Hall–Kier alpha value is -1.05. The van der Waals surface area contributed by atoms with E-state index in [-0.39, 0.29) is 12.5 Å². The van der Waals surface area contributed by atoms with Gasteiger partial charge in [0.1, 0.15) is 6.54 Å². The van der Waals surface area contributed by atoms with Crippen LogP contribution in [-0.2, 0) is 0 Å².